The van der Waals surface area contributed by atoms with Gasteiger partial charge in [-0.05, 0) is 37.3 Å². The van der Waals surface area contributed by atoms with Gasteiger partial charge in [0.05, 0.1) is 17.0 Å². The number of hydrogen-bond donors (Lipinski definition) is 1. The lowest BCUT2D eigenvalue weighted by atomic mass is 9.80. The quantitative estimate of drug-likeness (QED) is 0.862. The third-order valence-corrected chi connectivity index (χ3v) is 3.96. The number of benzene rings is 1. The smallest absolute Gasteiger partial charge is 0.220 e. The molecule has 2 aromatic rings. The lowest BCUT2D eigenvalue weighted by Crippen LogP contribution is -2.23. The standard InChI is InChI=1S/C16H17N3O/c1-9-5-3-4-6-12(9)11-7-13-15(14(20)8-11)10(2)18-16(17)19-13/h3-6,11H,7-8H2,1-2H3,(H2,17,18,19). The van der Waals surface area contributed by atoms with E-state index in [1.54, 1.807) is 0 Å². The zero-order chi connectivity index (χ0) is 14.3. The van der Waals surface area contributed by atoms with E-state index >= 15 is 0 Å². The van der Waals surface area contributed by atoms with Crippen LogP contribution in [0.2, 0.25) is 0 Å². The molecule has 1 aromatic heterocycles. The van der Waals surface area contributed by atoms with Crippen molar-refractivity contribution in [1.82, 2.24) is 9.97 Å². The number of aromatic nitrogens is 2. The molecule has 1 aromatic carbocycles. The Bertz CT molecular complexity index is 694. The number of carbonyl (C=O) groups is 1. The number of carbonyl (C=O) groups excluding carboxylic acids is 1. The van der Waals surface area contributed by atoms with E-state index in [4.69, 9.17) is 5.73 Å². The van der Waals surface area contributed by atoms with Crippen molar-refractivity contribution in [3.8, 4) is 0 Å². The minimum absolute atomic E-state index is 0.122. The van der Waals surface area contributed by atoms with Crippen LogP contribution in [0, 0.1) is 13.8 Å². The SMILES string of the molecule is Cc1ccccc1C1CC(=O)c2c(C)nc(N)nc2C1. The van der Waals surface area contributed by atoms with Crippen LogP contribution in [0.3, 0.4) is 0 Å². The van der Waals surface area contributed by atoms with E-state index in [0.717, 1.165) is 12.1 Å². The Labute approximate surface area is 118 Å². The number of hydrogen-bond acceptors (Lipinski definition) is 4. The highest BCUT2D eigenvalue weighted by molar-refractivity contribution is 5.99. The van der Waals surface area contributed by atoms with Gasteiger partial charge in [0.25, 0.3) is 0 Å². The molecule has 1 aliphatic carbocycles. The minimum atomic E-state index is 0.122. The van der Waals surface area contributed by atoms with Crippen molar-refractivity contribution in [2.24, 2.45) is 0 Å². The van der Waals surface area contributed by atoms with Gasteiger partial charge in [-0.25, -0.2) is 9.97 Å². The van der Waals surface area contributed by atoms with E-state index in [9.17, 15) is 4.79 Å². The number of nitrogens with two attached hydrogens (primary N) is 1. The van der Waals surface area contributed by atoms with E-state index < -0.39 is 0 Å². The van der Waals surface area contributed by atoms with Crippen molar-refractivity contribution >= 4 is 11.7 Å². The van der Waals surface area contributed by atoms with Gasteiger partial charge in [-0.15, -0.1) is 0 Å². The topological polar surface area (TPSA) is 68.9 Å². The Morgan fingerprint density at radius 1 is 1.15 bits per heavy atom. The first kappa shape index (κ1) is 12.8. The van der Waals surface area contributed by atoms with Gasteiger partial charge < -0.3 is 5.73 Å². The molecule has 3 rings (SSSR count). The van der Waals surface area contributed by atoms with Crippen LogP contribution in [0.5, 0.6) is 0 Å². The predicted octanol–water partition coefficient (Wildman–Crippen LogP) is 2.59. The van der Waals surface area contributed by atoms with Crippen LogP contribution in [0.25, 0.3) is 0 Å². The third-order valence-electron chi connectivity index (χ3n) is 3.96. The molecule has 2 N–H and O–H groups in total. The van der Waals surface area contributed by atoms with Gasteiger partial charge in [0.2, 0.25) is 5.95 Å². The summed E-state index contributed by atoms with van der Waals surface area (Å²) in [6.07, 6.45) is 1.27. The highest BCUT2D eigenvalue weighted by atomic mass is 16.1. The summed E-state index contributed by atoms with van der Waals surface area (Å²) >= 11 is 0. The molecule has 0 fully saturated rings. The van der Waals surface area contributed by atoms with Crippen molar-refractivity contribution in [1.29, 1.82) is 0 Å². The summed E-state index contributed by atoms with van der Waals surface area (Å²) in [5.41, 5.74) is 10.3. The van der Waals surface area contributed by atoms with Crippen molar-refractivity contribution in [3.63, 3.8) is 0 Å². The Morgan fingerprint density at radius 2 is 1.90 bits per heavy atom. The first-order chi connectivity index (χ1) is 9.56. The van der Waals surface area contributed by atoms with Crippen LogP contribution in [-0.2, 0) is 6.42 Å². The molecular weight excluding hydrogens is 250 g/mol. The van der Waals surface area contributed by atoms with Crippen molar-refractivity contribution in [2.75, 3.05) is 5.73 Å². The molecule has 0 radical (unpaired) electrons. The fourth-order valence-corrected chi connectivity index (χ4v) is 3.06. The van der Waals surface area contributed by atoms with E-state index in [2.05, 4.69) is 29.0 Å². The number of aryl methyl sites for hydroxylation is 2. The van der Waals surface area contributed by atoms with Gasteiger partial charge in [-0.3, -0.25) is 4.79 Å². The Morgan fingerprint density at radius 3 is 2.65 bits per heavy atom. The molecular formula is C16H17N3O. The maximum atomic E-state index is 12.4. The second-order valence-corrected chi connectivity index (χ2v) is 5.37. The fraction of sp³-hybridized carbons (Fsp3) is 0.312. The number of Topliss-reactive ketones (excluding diaryl/α,β-unsaturated/α-hetero) is 1. The first-order valence-corrected chi connectivity index (χ1v) is 6.78. The average Bonchev–Trinajstić information content (AvgIpc) is 2.37. The summed E-state index contributed by atoms with van der Waals surface area (Å²) in [6, 6.07) is 8.20. The summed E-state index contributed by atoms with van der Waals surface area (Å²) in [7, 11) is 0. The number of nitrogen functional groups attached to an aromatic ring is 1. The summed E-state index contributed by atoms with van der Waals surface area (Å²) in [5, 5.41) is 0. The molecule has 0 amide bonds. The minimum Gasteiger partial charge on any atom is -0.368 e. The maximum Gasteiger partial charge on any atom is 0.220 e. The van der Waals surface area contributed by atoms with Crippen LogP contribution in [0.1, 0.15) is 45.2 Å². The molecule has 1 atom stereocenters. The van der Waals surface area contributed by atoms with Gasteiger partial charge in [-0.1, -0.05) is 24.3 Å². The molecule has 4 nitrogen and oxygen atoms in total. The first-order valence-electron chi connectivity index (χ1n) is 6.78. The zero-order valence-corrected chi connectivity index (χ0v) is 11.7. The number of nitrogens with zero attached hydrogens (tertiary/aromatic N) is 2. The molecule has 102 valence electrons. The van der Waals surface area contributed by atoms with Crippen LogP contribution in [0.4, 0.5) is 5.95 Å². The van der Waals surface area contributed by atoms with E-state index in [1.165, 1.54) is 11.1 Å². The molecule has 20 heavy (non-hydrogen) atoms. The molecule has 0 spiro atoms. The molecule has 0 aliphatic heterocycles. The Balaban J connectivity index is 2.05. The highest BCUT2D eigenvalue weighted by Crippen LogP contribution is 2.34. The Kier molecular flexibility index (Phi) is 3.01. The Hall–Kier alpha value is -2.23. The molecule has 0 saturated carbocycles. The number of fused-ring (bicyclic) bond motifs is 1. The fourth-order valence-electron chi connectivity index (χ4n) is 3.06. The van der Waals surface area contributed by atoms with Gasteiger partial charge in [-0.2, -0.15) is 0 Å². The lowest BCUT2D eigenvalue weighted by molar-refractivity contribution is 0.0962. The number of ketones is 1. The van der Waals surface area contributed by atoms with Crippen molar-refractivity contribution in [2.45, 2.75) is 32.6 Å². The van der Waals surface area contributed by atoms with Gasteiger partial charge >= 0.3 is 0 Å². The summed E-state index contributed by atoms with van der Waals surface area (Å²) in [4.78, 5) is 20.8. The second-order valence-electron chi connectivity index (χ2n) is 5.37. The largest absolute Gasteiger partial charge is 0.368 e. The summed E-state index contributed by atoms with van der Waals surface area (Å²) in [6.45, 7) is 3.90. The molecule has 1 unspecified atom stereocenters. The van der Waals surface area contributed by atoms with Gasteiger partial charge in [0, 0.05) is 6.42 Å². The third kappa shape index (κ3) is 2.07. The second kappa shape index (κ2) is 4.71. The van der Waals surface area contributed by atoms with Crippen LogP contribution in [0.15, 0.2) is 24.3 Å². The van der Waals surface area contributed by atoms with Crippen LogP contribution in [-0.4, -0.2) is 15.8 Å². The van der Waals surface area contributed by atoms with Crippen LogP contribution < -0.4 is 5.73 Å². The van der Waals surface area contributed by atoms with Gasteiger partial charge in [0.1, 0.15) is 0 Å². The molecule has 4 heteroatoms. The highest BCUT2D eigenvalue weighted by Gasteiger charge is 2.30. The van der Waals surface area contributed by atoms with E-state index in [1.807, 2.05) is 19.1 Å². The lowest BCUT2D eigenvalue weighted by Gasteiger charge is -2.25. The number of rotatable bonds is 1. The normalized spacial score (nSPS) is 17.9. The molecule has 1 heterocycles. The molecule has 1 aliphatic rings. The van der Waals surface area contributed by atoms with Crippen molar-refractivity contribution < 1.29 is 4.79 Å². The predicted molar refractivity (Wildman–Crippen MR) is 77.8 cm³/mol. The number of anilines is 1. The summed E-state index contributed by atoms with van der Waals surface area (Å²) < 4.78 is 0. The zero-order valence-electron chi connectivity index (χ0n) is 11.7. The van der Waals surface area contributed by atoms with Gasteiger partial charge in [0.15, 0.2) is 5.78 Å². The van der Waals surface area contributed by atoms with E-state index in [-0.39, 0.29) is 17.6 Å². The monoisotopic (exact) mass is 267 g/mol. The summed E-state index contributed by atoms with van der Waals surface area (Å²) in [5.74, 6) is 0.557. The average molecular weight is 267 g/mol. The van der Waals surface area contributed by atoms with Crippen LogP contribution >= 0.6 is 0 Å². The van der Waals surface area contributed by atoms with E-state index in [0.29, 0.717) is 17.7 Å². The van der Waals surface area contributed by atoms with Crippen molar-refractivity contribution in [3.05, 3.63) is 52.3 Å². The maximum absolute atomic E-state index is 12.4. The molecule has 0 saturated heterocycles. The molecule has 0 bridgehead atoms.